The smallest absolute Gasteiger partial charge is 0.248 e. The molecule has 1 aliphatic heterocycles. The van der Waals surface area contributed by atoms with Crippen LogP contribution in [0, 0.1) is 17.8 Å². The highest BCUT2D eigenvalue weighted by molar-refractivity contribution is 6.03. The molecule has 19 unspecified atom stereocenters. The van der Waals surface area contributed by atoms with Crippen LogP contribution >= 0.6 is 0 Å². The molecule has 530 valence electrons. The number of aliphatic hydroxyl groups is 15. The van der Waals surface area contributed by atoms with E-state index in [0.717, 1.165) is 0 Å². The summed E-state index contributed by atoms with van der Waals surface area (Å²) in [6.45, 7) is 11.1. The van der Waals surface area contributed by atoms with Gasteiger partial charge in [-0.15, -0.1) is 0 Å². The Morgan fingerprint density at radius 2 is 1.02 bits per heavy atom. The van der Waals surface area contributed by atoms with Crippen molar-refractivity contribution in [3.63, 3.8) is 0 Å². The number of carbonyl (C=O) groups excluding carboxylic acids is 3. The zero-order chi connectivity index (χ0) is 70.5. The lowest BCUT2D eigenvalue weighted by Crippen LogP contribution is -2.57. The fraction of sp³-hybridized carbons (Fsp3) is 0.569. The van der Waals surface area contributed by atoms with Crippen LogP contribution in [-0.2, 0) is 23.9 Å². The van der Waals surface area contributed by atoms with Crippen molar-refractivity contribution in [3.05, 3.63) is 169 Å². The number of ketones is 2. The molecule has 19 atom stereocenters. The second-order valence-electron chi connectivity index (χ2n) is 24.3. The lowest BCUT2D eigenvalue weighted by atomic mass is 9.89. The number of Topliss-reactive ketones (excluding diaryl/α,β-unsaturated/α-hetero) is 2. The molecular weight excluding hydrogens is 1210 g/mol. The summed E-state index contributed by atoms with van der Waals surface area (Å²) in [5.41, 5.74) is 5.37. The van der Waals surface area contributed by atoms with Gasteiger partial charge < -0.3 is 97.1 Å². The molecule has 1 fully saturated rings. The number of nitrogens with one attached hydrogen (secondary N) is 1. The summed E-state index contributed by atoms with van der Waals surface area (Å²) in [4.78, 5) is 35.1. The van der Waals surface area contributed by atoms with Crippen LogP contribution in [0.25, 0.3) is 0 Å². The van der Waals surface area contributed by atoms with E-state index in [9.17, 15) is 91.0 Å². The monoisotopic (exact) mass is 1320 g/mol. The Hall–Kier alpha value is -5.71. The first-order chi connectivity index (χ1) is 44.6. The Kier molecular flexibility index (Phi) is 46.5. The summed E-state index contributed by atoms with van der Waals surface area (Å²) in [5.74, 6) is -1.71. The van der Waals surface area contributed by atoms with Crippen LogP contribution in [-0.4, -0.2) is 205 Å². The Balaban J connectivity index is 0.000000986. The molecule has 1 saturated heterocycles. The third kappa shape index (κ3) is 40.6. The molecule has 0 spiro atoms. The Labute approximate surface area is 556 Å². The van der Waals surface area contributed by atoms with Gasteiger partial charge in [0.15, 0.2) is 12.1 Å². The molecule has 1 amide bonds. The van der Waals surface area contributed by atoms with Crippen molar-refractivity contribution in [1.82, 2.24) is 5.32 Å². The van der Waals surface area contributed by atoms with Gasteiger partial charge in [0, 0.05) is 55.9 Å². The molecule has 1 heterocycles. The summed E-state index contributed by atoms with van der Waals surface area (Å²) in [6.07, 6.45) is 31.9. The van der Waals surface area contributed by atoms with Gasteiger partial charge in [-0.1, -0.05) is 180 Å². The first-order valence-corrected chi connectivity index (χ1v) is 32.6. The maximum Gasteiger partial charge on any atom is 0.248 e. The molecule has 18 N–H and O–H groups in total. The second kappa shape index (κ2) is 50.6. The minimum Gasteiger partial charge on any atom is -0.510 e. The van der Waals surface area contributed by atoms with E-state index in [-0.39, 0.29) is 118 Å². The lowest BCUT2D eigenvalue weighted by molar-refractivity contribution is -0.302. The van der Waals surface area contributed by atoms with Gasteiger partial charge in [0.05, 0.1) is 79.4 Å². The zero-order valence-corrected chi connectivity index (χ0v) is 55.5. The van der Waals surface area contributed by atoms with Gasteiger partial charge in [-0.2, -0.15) is 0 Å². The molecule has 1 aliphatic carbocycles. The number of aliphatic hydroxyl groups excluding tert-OH is 15. The third-order valence-electron chi connectivity index (χ3n) is 15.1. The number of ether oxygens (including phenoxy) is 2. The molecule has 0 bridgehead atoms. The number of hydrogen-bond acceptors (Lipinski definition) is 21. The summed E-state index contributed by atoms with van der Waals surface area (Å²) in [5, 5.41) is 153. The molecule has 0 aromatic carbocycles. The number of allylic oxidation sites excluding steroid dienone is 20. The summed E-state index contributed by atoms with van der Waals surface area (Å²) in [7, 11) is 0. The van der Waals surface area contributed by atoms with E-state index in [2.05, 4.69) is 5.32 Å². The topological polar surface area (TPSA) is 411 Å². The predicted octanol–water partition coefficient (Wildman–Crippen LogP) is 4.79. The molecule has 22 heteroatoms. The molecule has 22 nitrogen and oxygen atoms in total. The number of amides is 1. The van der Waals surface area contributed by atoms with Gasteiger partial charge in [0.1, 0.15) is 35.6 Å². The average Bonchev–Trinajstić information content (AvgIpc) is 1.02. The fourth-order valence-electron chi connectivity index (χ4n) is 9.40. The number of rotatable bonds is 44. The third-order valence-corrected chi connectivity index (χ3v) is 15.1. The highest BCUT2D eigenvalue weighted by atomic mass is 16.7. The first-order valence-electron chi connectivity index (χ1n) is 32.6. The number of carbonyl (C=O) groups is 3. The molecule has 0 aromatic rings. The molecular formula is C72H112N2O20. The van der Waals surface area contributed by atoms with Crippen molar-refractivity contribution in [3.8, 4) is 0 Å². The van der Waals surface area contributed by atoms with Crippen molar-refractivity contribution in [2.24, 2.45) is 23.5 Å². The highest BCUT2D eigenvalue weighted by Crippen LogP contribution is 2.24. The lowest BCUT2D eigenvalue weighted by Gasteiger charge is -2.39. The largest absolute Gasteiger partial charge is 0.510 e. The maximum absolute atomic E-state index is 11.8. The first kappa shape index (κ1) is 86.3. The van der Waals surface area contributed by atoms with Gasteiger partial charge in [0.2, 0.25) is 5.91 Å². The molecule has 2 rings (SSSR count). The van der Waals surface area contributed by atoms with Gasteiger partial charge in [-0.3, -0.25) is 14.4 Å². The van der Waals surface area contributed by atoms with E-state index in [1.54, 1.807) is 70.2 Å². The van der Waals surface area contributed by atoms with Crippen molar-refractivity contribution in [2.75, 3.05) is 6.54 Å². The van der Waals surface area contributed by atoms with Gasteiger partial charge in [-0.05, 0) is 78.2 Å². The van der Waals surface area contributed by atoms with Gasteiger partial charge in [-0.25, -0.2) is 0 Å². The zero-order valence-electron chi connectivity index (χ0n) is 55.5. The summed E-state index contributed by atoms with van der Waals surface area (Å²) >= 11 is 0. The van der Waals surface area contributed by atoms with Crippen LogP contribution in [0.5, 0.6) is 0 Å². The minimum absolute atomic E-state index is 0.0249. The molecule has 2 aliphatic rings. The molecule has 94 heavy (non-hydrogen) atoms. The van der Waals surface area contributed by atoms with E-state index in [1.165, 1.54) is 30.4 Å². The van der Waals surface area contributed by atoms with Crippen molar-refractivity contribution in [1.29, 1.82) is 0 Å². The van der Waals surface area contributed by atoms with Crippen LogP contribution < -0.4 is 11.1 Å². The van der Waals surface area contributed by atoms with Crippen molar-refractivity contribution in [2.45, 2.75) is 235 Å². The second-order valence-corrected chi connectivity index (χ2v) is 24.3. The van der Waals surface area contributed by atoms with Gasteiger partial charge in [0.25, 0.3) is 0 Å². The van der Waals surface area contributed by atoms with Gasteiger partial charge >= 0.3 is 0 Å². The summed E-state index contributed by atoms with van der Waals surface area (Å²) in [6, 6.07) is 0. The Bertz CT molecular complexity index is 2560. The van der Waals surface area contributed by atoms with Crippen LogP contribution in [0.3, 0.4) is 0 Å². The Morgan fingerprint density at radius 3 is 1.53 bits per heavy atom. The quantitative estimate of drug-likeness (QED) is 0.0221. The van der Waals surface area contributed by atoms with Crippen LogP contribution in [0.1, 0.15) is 131 Å². The standard InChI is InChI=1S/C43H57NO10.C29H55NO10/c1-30(24-20-16-12-8-5-6-11-15-19-23-27-37(48)44-38-35(46)28-29-36(38)47)39(49)32(3)34(45)26-22-18-14-10-7-9-13-17-21-25-31(2)53-43-42(52)41(51)40(50)33(4)54-43;1-19(2)29(40)18-28(39)17-27(38)15-23(34)9-4-8-22(33)14-26(37)16-25(36)13-21(32)7-3-6-20(31)12-24(35)10-5-11-30/h5-24,26-27,30-34,39-43,45-46,49-52H,25,28-29H2,1-4H3,(H,44,48);3-4,7,9,19-28,31-39H,5-6,8,10-18,30H2,1-2H3/b8-5+,10-7+,11-6+,13-9+,16-12+,18-14+,19-15+,21-17+,24-20+,26-22+,27-23+;7-3+,9-4+. The minimum atomic E-state index is -1.32. The molecule has 0 radical (unpaired) electrons. The Morgan fingerprint density at radius 1 is 0.553 bits per heavy atom. The van der Waals surface area contributed by atoms with Crippen molar-refractivity contribution >= 4 is 17.5 Å². The fourth-order valence-corrected chi connectivity index (χ4v) is 9.40. The van der Waals surface area contributed by atoms with E-state index >= 15 is 0 Å². The SMILES string of the molecule is CC(C)C(=O)CC(O)CC(O)CC(O)/C=C/CC(O)CC(O)CC(O)CC(O)/C=C/CC(O)CC(O)CCCN.CC(C/C=C/C=C/C=C/C=C/C=C/C(O)C(C)C(O)C(C)/C=C/C=C/C=C/C=C/C=C/C=C/C(=O)NC1=C(O)CCC1=O)OC1OC(C)C(O)C(O)C1O. The van der Waals surface area contributed by atoms with E-state index in [4.69, 9.17) is 15.2 Å². The number of nitrogens with two attached hydrogens (primary N) is 1. The van der Waals surface area contributed by atoms with Crippen molar-refractivity contribution < 1.29 is 100 Å². The number of hydrogen-bond donors (Lipinski definition) is 17. The predicted molar refractivity (Wildman–Crippen MR) is 362 cm³/mol. The van der Waals surface area contributed by atoms with Crippen LogP contribution in [0.2, 0.25) is 0 Å². The average molecular weight is 1330 g/mol. The normalized spacial score (nSPS) is 23.4. The van der Waals surface area contributed by atoms with E-state index in [1.807, 2.05) is 98.9 Å². The van der Waals surface area contributed by atoms with Crippen LogP contribution in [0.15, 0.2) is 169 Å². The van der Waals surface area contributed by atoms with E-state index < -0.39 is 104 Å². The van der Waals surface area contributed by atoms with E-state index in [0.29, 0.717) is 25.8 Å². The maximum atomic E-state index is 11.8. The summed E-state index contributed by atoms with van der Waals surface area (Å²) < 4.78 is 11.1. The molecule has 0 aromatic heterocycles. The molecule has 0 saturated carbocycles. The highest BCUT2D eigenvalue weighted by Gasteiger charge is 2.43. The van der Waals surface area contributed by atoms with Crippen LogP contribution in [0.4, 0.5) is 0 Å².